The Hall–Kier alpha value is -3.91. The Morgan fingerprint density at radius 2 is 1.87 bits per heavy atom. The number of nitrogens with one attached hydrogen (secondary N) is 2. The van der Waals surface area contributed by atoms with Crippen molar-refractivity contribution in [3.05, 3.63) is 83.6 Å². The van der Waals surface area contributed by atoms with Crippen molar-refractivity contribution in [2.75, 3.05) is 12.5 Å². The smallest absolute Gasteiger partial charge is 0.245 e. The third-order valence-corrected chi connectivity index (χ3v) is 4.68. The molecule has 0 aliphatic carbocycles. The maximum absolute atomic E-state index is 12.6. The molecule has 0 unspecified atom stereocenters. The number of para-hydroxylation sites is 1. The van der Waals surface area contributed by atoms with E-state index in [1.807, 2.05) is 48.7 Å². The van der Waals surface area contributed by atoms with Crippen molar-refractivity contribution in [1.82, 2.24) is 25.2 Å². The molecule has 0 spiro atoms. The summed E-state index contributed by atoms with van der Waals surface area (Å²) in [5.74, 6) is 0.348. The van der Waals surface area contributed by atoms with Gasteiger partial charge < -0.3 is 4.74 Å². The normalized spacial score (nSPS) is 10.5. The van der Waals surface area contributed by atoms with E-state index < -0.39 is 0 Å². The fraction of sp³-hybridized carbons (Fsp3) is 0.0909. The van der Waals surface area contributed by atoms with Gasteiger partial charge in [-0.15, -0.1) is 0 Å². The van der Waals surface area contributed by atoms with E-state index in [4.69, 9.17) is 21.4 Å². The number of ether oxygens (including phenoxy) is 1. The van der Waals surface area contributed by atoms with Crippen LogP contribution in [0, 0.1) is 0 Å². The molecule has 9 heteroatoms. The number of aromatic nitrogens is 4. The van der Waals surface area contributed by atoms with Crippen LogP contribution in [0.25, 0.3) is 16.9 Å². The summed E-state index contributed by atoms with van der Waals surface area (Å²) in [5, 5.41) is 5.34. The molecule has 31 heavy (non-hydrogen) atoms. The number of hydrogen-bond acceptors (Lipinski definition) is 6. The Morgan fingerprint density at radius 1 is 1.10 bits per heavy atom. The summed E-state index contributed by atoms with van der Waals surface area (Å²) in [6.45, 7) is 0. The molecule has 1 amide bonds. The highest BCUT2D eigenvalue weighted by atomic mass is 35.5. The molecule has 156 valence electrons. The lowest BCUT2D eigenvalue weighted by Gasteiger charge is -2.08. The van der Waals surface area contributed by atoms with Crippen LogP contribution in [0.2, 0.25) is 5.02 Å². The second kappa shape index (κ2) is 9.27. The van der Waals surface area contributed by atoms with E-state index in [9.17, 15) is 4.79 Å². The number of anilines is 1. The number of carbonyl (C=O) groups excluding carboxylic acids is 1. The fourth-order valence-electron chi connectivity index (χ4n) is 2.96. The zero-order valence-corrected chi connectivity index (χ0v) is 17.4. The largest absolute Gasteiger partial charge is 0.481 e. The summed E-state index contributed by atoms with van der Waals surface area (Å²) in [4.78, 5) is 20.7. The first-order valence-electron chi connectivity index (χ1n) is 9.44. The average Bonchev–Trinajstić information content (AvgIpc) is 3.22. The molecular formula is C22H19ClN6O2. The first kappa shape index (κ1) is 20.4. The van der Waals surface area contributed by atoms with E-state index in [-0.39, 0.29) is 18.3 Å². The molecule has 0 saturated carbocycles. The highest BCUT2D eigenvalue weighted by Gasteiger charge is 2.16. The van der Waals surface area contributed by atoms with Crippen molar-refractivity contribution in [3.8, 4) is 22.8 Å². The van der Waals surface area contributed by atoms with Crippen molar-refractivity contribution in [2.24, 2.45) is 0 Å². The molecule has 4 rings (SSSR count). The SMILES string of the molecule is COc1ccnc(NNC(=O)Cc2cn(-c3ccccc3)nc2-c2ccc(Cl)cc2)n1. The molecule has 0 aliphatic heterocycles. The Balaban J connectivity index is 1.56. The summed E-state index contributed by atoms with van der Waals surface area (Å²) >= 11 is 6.03. The third kappa shape index (κ3) is 4.99. The molecule has 2 N–H and O–H groups in total. The number of rotatable bonds is 7. The molecule has 8 nitrogen and oxygen atoms in total. The van der Waals surface area contributed by atoms with E-state index in [0.717, 1.165) is 16.8 Å². The van der Waals surface area contributed by atoms with Crippen molar-refractivity contribution in [3.63, 3.8) is 0 Å². The van der Waals surface area contributed by atoms with Gasteiger partial charge in [-0.25, -0.2) is 9.67 Å². The Bertz CT molecular complexity index is 1180. The van der Waals surface area contributed by atoms with Crippen LogP contribution in [0.4, 0.5) is 5.95 Å². The second-order valence-electron chi connectivity index (χ2n) is 6.56. The van der Waals surface area contributed by atoms with Crippen LogP contribution >= 0.6 is 11.6 Å². The van der Waals surface area contributed by atoms with Gasteiger partial charge in [-0.1, -0.05) is 41.9 Å². The molecule has 0 aliphatic rings. The van der Waals surface area contributed by atoms with Gasteiger partial charge in [-0.3, -0.25) is 15.6 Å². The average molecular weight is 435 g/mol. The van der Waals surface area contributed by atoms with Gasteiger partial charge in [0.2, 0.25) is 17.7 Å². The Labute approximate surface area is 183 Å². The van der Waals surface area contributed by atoms with Gasteiger partial charge in [0.05, 0.1) is 24.9 Å². The van der Waals surface area contributed by atoms with Gasteiger partial charge in [0.1, 0.15) is 0 Å². The van der Waals surface area contributed by atoms with Gasteiger partial charge in [0.25, 0.3) is 0 Å². The van der Waals surface area contributed by atoms with E-state index in [2.05, 4.69) is 20.8 Å². The molecule has 0 fully saturated rings. The second-order valence-corrected chi connectivity index (χ2v) is 7.00. The monoisotopic (exact) mass is 434 g/mol. The summed E-state index contributed by atoms with van der Waals surface area (Å²) in [6.07, 6.45) is 3.48. The first-order chi connectivity index (χ1) is 15.1. The van der Waals surface area contributed by atoms with Crippen LogP contribution in [0.1, 0.15) is 5.56 Å². The highest BCUT2D eigenvalue weighted by Crippen LogP contribution is 2.25. The predicted molar refractivity (Wildman–Crippen MR) is 118 cm³/mol. The van der Waals surface area contributed by atoms with E-state index in [1.54, 1.807) is 22.9 Å². The summed E-state index contributed by atoms with van der Waals surface area (Å²) in [5.41, 5.74) is 8.53. The number of halogens is 1. The van der Waals surface area contributed by atoms with Gasteiger partial charge >= 0.3 is 0 Å². The topological polar surface area (TPSA) is 94.0 Å². The lowest BCUT2D eigenvalue weighted by atomic mass is 10.1. The van der Waals surface area contributed by atoms with Crippen molar-refractivity contribution in [2.45, 2.75) is 6.42 Å². The van der Waals surface area contributed by atoms with Gasteiger partial charge in [-0.05, 0) is 24.3 Å². The molecule has 2 aromatic carbocycles. The molecule has 2 aromatic heterocycles. The standard InChI is InChI=1S/C22H19ClN6O2/c1-31-20-11-12-24-22(25-20)27-26-19(30)13-16-14-29(18-5-3-2-4-6-18)28-21(16)15-7-9-17(23)10-8-15/h2-12,14H,13H2,1H3,(H,26,30)(H,24,25,27). The van der Waals surface area contributed by atoms with Crippen LogP contribution in [0.3, 0.4) is 0 Å². The maximum atomic E-state index is 12.6. The summed E-state index contributed by atoms with van der Waals surface area (Å²) < 4.78 is 6.81. The predicted octanol–water partition coefficient (Wildman–Crippen LogP) is 3.68. The molecule has 0 saturated heterocycles. The zero-order valence-electron chi connectivity index (χ0n) is 16.6. The maximum Gasteiger partial charge on any atom is 0.245 e. The van der Waals surface area contributed by atoms with E-state index >= 15 is 0 Å². The number of nitrogens with zero attached hydrogens (tertiary/aromatic N) is 4. The summed E-state index contributed by atoms with van der Waals surface area (Å²) in [6, 6.07) is 18.7. The van der Waals surface area contributed by atoms with Gasteiger partial charge in [-0.2, -0.15) is 10.1 Å². The quantitative estimate of drug-likeness (QED) is 0.431. The molecule has 0 atom stereocenters. The summed E-state index contributed by atoms with van der Waals surface area (Å²) in [7, 11) is 1.51. The molecule has 0 radical (unpaired) electrons. The minimum absolute atomic E-state index is 0.0990. The third-order valence-electron chi connectivity index (χ3n) is 4.43. The number of carbonyl (C=O) groups is 1. The number of methoxy groups -OCH3 is 1. The zero-order chi connectivity index (χ0) is 21.6. The minimum atomic E-state index is -0.269. The number of benzene rings is 2. The van der Waals surface area contributed by atoms with Crippen LogP contribution < -0.4 is 15.6 Å². The van der Waals surface area contributed by atoms with Crippen LogP contribution in [-0.4, -0.2) is 32.8 Å². The number of hydrogen-bond donors (Lipinski definition) is 2. The molecular weight excluding hydrogens is 416 g/mol. The Kier molecular flexibility index (Phi) is 6.09. The molecule has 0 bridgehead atoms. The van der Waals surface area contributed by atoms with Gasteiger partial charge in [0, 0.05) is 34.6 Å². The number of amides is 1. The lowest BCUT2D eigenvalue weighted by molar-refractivity contribution is -0.119. The van der Waals surface area contributed by atoms with Crippen LogP contribution in [0.15, 0.2) is 73.1 Å². The Morgan fingerprint density at radius 3 is 2.61 bits per heavy atom. The number of hydrazine groups is 1. The minimum Gasteiger partial charge on any atom is -0.481 e. The highest BCUT2D eigenvalue weighted by molar-refractivity contribution is 6.30. The van der Waals surface area contributed by atoms with Crippen LogP contribution in [-0.2, 0) is 11.2 Å². The van der Waals surface area contributed by atoms with Crippen molar-refractivity contribution >= 4 is 23.5 Å². The van der Waals surface area contributed by atoms with Gasteiger partial charge in [0.15, 0.2) is 0 Å². The van der Waals surface area contributed by atoms with Crippen molar-refractivity contribution < 1.29 is 9.53 Å². The fourth-order valence-corrected chi connectivity index (χ4v) is 3.09. The molecule has 2 heterocycles. The van der Waals surface area contributed by atoms with Crippen molar-refractivity contribution in [1.29, 1.82) is 0 Å². The first-order valence-corrected chi connectivity index (χ1v) is 9.82. The lowest BCUT2D eigenvalue weighted by Crippen LogP contribution is -2.31. The molecule has 4 aromatic rings. The van der Waals surface area contributed by atoms with Crippen LogP contribution in [0.5, 0.6) is 5.88 Å². The van der Waals surface area contributed by atoms with E-state index in [0.29, 0.717) is 16.6 Å². The van der Waals surface area contributed by atoms with E-state index in [1.165, 1.54) is 13.3 Å².